The van der Waals surface area contributed by atoms with Crippen LogP contribution in [0.5, 0.6) is 0 Å². The maximum absolute atomic E-state index is 13.7. The molecule has 1 aliphatic heterocycles. The van der Waals surface area contributed by atoms with Crippen LogP contribution in [0.4, 0.5) is 10.1 Å². The summed E-state index contributed by atoms with van der Waals surface area (Å²) in [4.78, 5) is 19.0. The minimum atomic E-state index is -0.245. The number of anilines is 1. The standard InChI is InChI=1S/C23H22FN3O/c24-22-8-4-3-6-18(22)9-11-26-23(28)20-13-21(15-25-14-20)27-12-10-17-5-1-2-7-19(17)16-27/h1-8,13-15H,9-12,16H2,(H,26,28). The van der Waals surface area contributed by atoms with Gasteiger partial charge in [0.15, 0.2) is 0 Å². The minimum Gasteiger partial charge on any atom is -0.366 e. The fourth-order valence-corrected chi connectivity index (χ4v) is 3.55. The van der Waals surface area contributed by atoms with E-state index >= 15 is 0 Å². The van der Waals surface area contributed by atoms with Gasteiger partial charge < -0.3 is 10.2 Å². The summed E-state index contributed by atoms with van der Waals surface area (Å²) in [7, 11) is 0. The van der Waals surface area contributed by atoms with Gasteiger partial charge in [0, 0.05) is 25.8 Å². The average Bonchev–Trinajstić information content (AvgIpc) is 2.75. The summed E-state index contributed by atoms with van der Waals surface area (Å²) >= 11 is 0. The highest BCUT2D eigenvalue weighted by Gasteiger charge is 2.17. The number of nitrogens with zero attached hydrogens (tertiary/aromatic N) is 2. The van der Waals surface area contributed by atoms with Gasteiger partial charge >= 0.3 is 0 Å². The SMILES string of the molecule is O=C(NCCc1ccccc1F)c1cncc(N2CCc3ccccc3C2)c1. The lowest BCUT2D eigenvalue weighted by atomic mass is 9.99. The van der Waals surface area contributed by atoms with Gasteiger partial charge in [-0.15, -0.1) is 0 Å². The molecule has 0 atom stereocenters. The number of amides is 1. The maximum Gasteiger partial charge on any atom is 0.252 e. The van der Waals surface area contributed by atoms with Gasteiger partial charge in [-0.2, -0.15) is 0 Å². The molecule has 1 aromatic heterocycles. The Kier molecular flexibility index (Phi) is 5.33. The highest BCUT2D eigenvalue weighted by Crippen LogP contribution is 2.24. The molecule has 0 fully saturated rings. The van der Waals surface area contributed by atoms with E-state index in [1.807, 2.05) is 6.07 Å². The third-order valence-electron chi connectivity index (χ3n) is 5.12. The van der Waals surface area contributed by atoms with Crippen LogP contribution >= 0.6 is 0 Å². The summed E-state index contributed by atoms with van der Waals surface area (Å²) in [6, 6.07) is 16.9. The van der Waals surface area contributed by atoms with Crippen molar-refractivity contribution in [1.82, 2.24) is 10.3 Å². The van der Waals surface area contributed by atoms with Gasteiger partial charge in [0.05, 0.1) is 17.4 Å². The van der Waals surface area contributed by atoms with E-state index in [1.54, 1.807) is 30.6 Å². The first kappa shape index (κ1) is 18.2. The molecule has 5 heteroatoms. The first-order valence-corrected chi connectivity index (χ1v) is 9.49. The Bertz CT molecular complexity index is 989. The van der Waals surface area contributed by atoms with Crippen LogP contribution in [0.3, 0.4) is 0 Å². The van der Waals surface area contributed by atoms with Crippen LogP contribution in [-0.4, -0.2) is 24.0 Å². The molecule has 4 nitrogen and oxygen atoms in total. The van der Waals surface area contributed by atoms with Crippen molar-refractivity contribution in [3.8, 4) is 0 Å². The highest BCUT2D eigenvalue weighted by atomic mass is 19.1. The largest absolute Gasteiger partial charge is 0.366 e. The summed E-state index contributed by atoms with van der Waals surface area (Å²) in [6.07, 6.45) is 4.80. The molecule has 142 valence electrons. The lowest BCUT2D eigenvalue weighted by Crippen LogP contribution is -2.31. The number of pyridine rings is 1. The first-order chi connectivity index (χ1) is 13.7. The normalized spacial score (nSPS) is 13.1. The van der Waals surface area contributed by atoms with E-state index in [9.17, 15) is 9.18 Å². The number of halogens is 1. The second-order valence-corrected chi connectivity index (χ2v) is 6.97. The fourth-order valence-electron chi connectivity index (χ4n) is 3.55. The predicted octanol–water partition coefficient (Wildman–Crippen LogP) is 3.76. The van der Waals surface area contributed by atoms with Gasteiger partial charge in [0.25, 0.3) is 5.91 Å². The van der Waals surface area contributed by atoms with Gasteiger partial charge in [-0.3, -0.25) is 9.78 Å². The molecular formula is C23H22FN3O. The summed E-state index contributed by atoms with van der Waals surface area (Å²) in [5.74, 6) is -0.436. The Morgan fingerprint density at radius 1 is 1.07 bits per heavy atom. The molecule has 0 radical (unpaired) electrons. The van der Waals surface area contributed by atoms with Gasteiger partial charge in [-0.1, -0.05) is 42.5 Å². The summed E-state index contributed by atoms with van der Waals surface area (Å²) in [5.41, 5.74) is 4.75. The molecule has 2 heterocycles. The Balaban J connectivity index is 1.39. The van der Waals surface area contributed by atoms with Crippen LogP contribution in [0, 0.1) is 5.82 Å². The number of fused-ring (bicyclic) bond motifs is 1. The zero-order chi connectivity index (χ0) is 19.3. The number of aromatic nitrogens is 1. The van der Waals surface area contributed by atoms with Crippen molar-refractivity contribution in [2.45, 2.75) is 19.4 Å². The van der Waals surface area contributed by atoms with E-state index in [0.29, 0.717) is 24.1 Å². The van der Waals surface area contributed by atoms with E-state index < -0.39 is 0 Å². The number of benzene rings is 2. The van der Waals surface area contributed by atoms with Gasteiger partial charge in [0.1, 0.15) is 5.82 Å². The molecule has 0 bridgehead atoms. The Morgan fingerprint density at radius 3 is 2.71 bits per heavy atom. The van der Waals surface area contributed by atoms with E-state index in [2.05, 4.69) is 39.5 Å². The van der Waals surface area contributed by atoms with E-state index in [4.69, 9.17) is 0 Å². The summed E-state index contributed by atoms with van der Waals surface area (Å²) < 4.78 is 13.7. The first-order valence-electron chi connectivity index (χ1n) is 9.49. The molecule has 1 aliphatic rings. The van der Waals surface area contributed by atoms with Crippen LogP contribution in [0.15, 0.2) is 67.0 Å². The molecule has 0 unspecified atom stereocenters. The third-order valence-corrected chi connectivity index (χ3v) is 5.12. The van der Waals surface area contributed by atoms with Crippen LogP contribution in [0.2, 0.25) is 0 Å². The zero-order valence-corrected chi connectivity index (χ0v) is 15.6. The number of hydrogen-bond acceptors (Lipinski definition) is 3. The molecule has 1 N–H and O–H groups in total. The monoisotopic (exact) mass is 375 g/mol. The Labute approximate surface area is 164 Å². The lowest BCUT2D eigenvalue weighted by Gasteiger charge is -2.30. The summed E-state index contributed by atoms with van der Waals surface area (Å²) in [5, 5.41) is 2.86. The topological polar surface area (TPSA) is 45.2 Å². The molecule has 0 saturated heterocycles. The molecule has 0 aliphatic carbocycles. The van der Waals surface area contributed by atoms with Crippen LogP contribution in [-0.2, 0) is 19.4 Å². The van der Waals surface area contributed by atoms with Crippen molar-refractivity contribution in [2.24, 2.45) is 0 Å². The van der Waals surface area contributed by atoms with Crippen LogP contribution in [0.25, 0.3) is 0 Å². The second-order valence-electron chi connectivity index (χ2n) is 6.97. The second kappa shape index (κ2) is 8.21. The average molecular weight is 375 g/mol. The highest BCUT2D eigenvalue weighted by molar-refractivity contribution is 5.94. The molecule has 4 rings (SSSR count). The van der Waals surface area contributed by atoms with E-state index in [1.165, 1.54) is 17.2 Å². The van der Waals surface area contributed by atoms with Crippen molar-refractivity contribution < 1.29 is 9.18 Å². The quantitative estimate of drug-likeness (QED) is 0.739. The fraction of sp³-hybridized carbons (Fsp3) is 0.217. The molecule has 1 amide bonds. The number of hydrogen-bond donors (Lipinski definition) is 1. The third kappa shape index (κ3) is 4.03. The Morgan fingerprint density at radius 2 is 1.86 bits per heavy atom. The van der Waals surface area contributed by atoms with E-state index in [-0.39, 0.29) is 11.7 Å². The van der Waals surface area contributed by atoms with Crippen molar-refractivity contribution in [3.63, 3.8) is 0 Å². The van der Waals surface area contributed by atoms with Crippen LogP contribution < -0.4 is 10.2 Å². The summed E-state index contributed by atoms with van der Waals surface area (Å²) in [6.45, 7) is 2.09. The van der Waals surface area contributed by atoms with Crippen molar-refractivity contribution in [3.05, 3.63) is 95.1 Å². The predicted molar refractivity (Wildman–Crippen MR) is 108 cm³/mol. The van der Waals surface area contributed by atoms with Gasteiger partial charge in [-0.05, 0) is 41.7 Å². The van der Waals surface area contributed by atoms with Crippen molar-refractivity contribution >= 4 is 11.6 Å². The molecule has 0 saturated carbocycles. The molecule has 3 aromatic rings. The molecular weight excluding hydrogens is 353 g/mol. The number of nitrogens with one attached hydrogen (secondary N) is 1. The minimum absolute atomic E-state index is 0.192. The molecule has 2 aromatic carbocycles. The van der Waals surface area contributed by atoms with Gasteiger partial charge in [-0.25, -0.2) is 4.39 Å². The van der Waals surface area contributed by atoms with Crippen molar-refractivity contribution in [1.29, 1.82) is 0 Å². The molecule has 0 spiro atoms. The van der Waals surface area contributed by atoms with Crippen molar-refractivity contribution in [2.75, 3.05) is 18.0 Å². The van der Waals surface area contributed by atoms with E-state index in [0.717, 1.165) is 25.2 Å². The number of carbonyl (C=O) groups is 1. The Hall–Kier alpha value is -3.21. The zero-order valence-electron chi connectivity index (χ0n) is 15.6. The lowest BCUT2D eigenvalue weighted by molar-refractivity contribution is 0.0953. The van der Waals surface area contributed by atoms with Crippen LogP contribution in [0.1, 0.15) is 27.0 Å². The molecule has 28 heavy (non-hydrogen) atoms. The maximum atomic E-state index is 13.7. The smallest absolute Gasteiger partial charge is 0.252 e. The van der Waals surface area contributed by atoms with Gasteiger partial charge in [0.2, 0.25) is 0 Å². The number of carbonyl (C=O) groups excluding carboxylic acids is 1. The number of rotatable bonds is 5.